The maximum Gasteiger partial charge on any atom is 0.323 e. The predicted octanol–water partition coefficient (Wildman–Crippen LogP) is 0.755. The van der Waals surface area contributed by atoms with Gasteiger partial charge in [-0.2, -0.15) is 5.10 Å². The molecule has 98 valence electrons. The number of rotatable bonds is 5. The van der Waals surface area contributed by atoms with E-state index in [1.54, 1.807) is 43.9 Å². The molecule has 0 fully saturated rings. The highest BCUT2D eigenvalue weighted by Gasteiger charge is 2.17. The average molecular weight is 251 g/mol. The number of amides is 1. The minimum atomic E-state index is -1.02. The van der Waals surface area contributed by atoms with E-state index in [-0.39, 0.29) is 18.5 Å². The summed E-state index contributed by atoms with van der Waals surface area (Å²) in [5.41, 5.74) is 0.780. The molecule has 0 aromatic carbocycles. The van der Waals surface area contributed by atoms with Gasteiger partial charge < -0.3 is 10.0 Å². The largest absolute Gasteiger partial charge is 0.480 e. The van der Waals surface area contributed by atoms with Gasteiger partial charge in [-0.1, -0.05) is 0 Å². The molecular weight excluding hydrogens is 234 g/mol. The molecule has 0 aliphatic rings. The third kappa shape index (κ3) is 3.73. The Morgan fingerprint density at radius 2 is 2.22 bits per heavy atom. The van der Waals surface area contributed by atoms with Crippen molar-refractivity contribution in [1.82, 2.24) is 14.7 Å². The van der Waals surface area contributed by atoms with Crippen LogP contribution < -0.4 is 0 Å². The zero-order valence-corrected chi connectivity index (χ0v) is 10.7. The van der Waals surface area contributed by atoms with E-state index in [1.165, 1.54) is 11.0 Å². The van der Waals surface area contributed by atoms with Gasteiger partial charge in [0.25, 0.3) is 0 Å². The lowest BCUT2D eigenvalue weighted by atomic mass is 10.3. The van der Waals surface area contributed by atoms with Crippen LogP contribution in [0.2, 0.25) is 0 Å². The number of hydrogen-bond acceptors (Lipinski definition) is 3. The van der Waals surface area contributed by atoms with Crippen molar-refractivity contribution >= 4 is 18.0 Å². The number of carbonyl (C=O) groups is 2. The quantitative estimate of drug-likeness (QED) is 0.784. The van der Waals surface area contributed by atoms with E-state index >= 15 is 0 Å². The molecule has 0 bridgehead atoms. The molecule has 1 rings (SSSR count). The first-order valence-electron chi connectivity index (χ1n) is 5.60. The average Bonchev–Trinajstić information content (AvgIpc) is 2.68. The molecule has 1 amide bonds. The van der Waals surface area contributed by atoms with E-state index < -0.39 is 5.97 Å². The predicted molar refractivity (Wildman–Crippen MR) is 66.7 cm³/mol. The first kappa shape index (κ1) is 14.0. The second-order valence-corrected chi connectivity index (χ2v) is 4.17. The highest BCUT2D eigenvalue weighted by atomic mass is 16.4. The van der Waals surface area contributed by atoms with Crippen molar-refractivity contribution in [3.05, 3.63) is 24.0 Å². The van der Waals surface area contributed by atoms with Crippen molar-refractivity contribution in [1.29, 1.82) is 0 Å². The van der Waals surface area contributed by atoms with Gasteiger partial charge in [0.05, 0.1) is 5.69 Å². The highest BCUT2D eigenvalue weighted by molar-refractivity contribution is 5.93. The summed E-state index contributed by atoms with van der Waals surface area (Å²) in [4.78, 5) is 23.8. The van der Waals surface area contributed by atoms with Crippen LogP contribution in [0.1, 0.15) is 19.5 Å². The molecule has 0 radical (unpaired) electrons. The Morgan fingerprint density at radius 1 is 1.56 bits per heavy atom. The normalized spacial score (nSPS) is 11.1. The lowest BCUT2D eigenvalue weighted by Gasteiger charge is -2.23. The maximum atomic E-state index is 11.9. The van der Waals surface area contributed by atoms with Crippen LogP contribution >= 0.6 is 0 Å². The van der Waals surface area contributed by atoms with E-state index in [4.69, 9.17) is 5.11 Å². The van der Waals surface area contributed by atoms with Gasteiger partial charge >= 0.3 is 5.97 Å². The third-order valence-corrected chi connectivity index (χ3v) is 2.47. The monoisotopic (exact) mass is 251 g/mol. The van der Waals surface area contributed by atoms with Gasteiger partial charge in [0.1, 0.15) is 6.54 Å². The number of aliphatic carboxylic acids is 1. The van der Waals surface area contributed by atoms with E-state index in [0.29, 0.717) is 0 Å². The van der Waals surface area contributed by atoms with Crippen LogP contribution in [-0.4, -0.2) is 44.3 Å². The Bertz CT molecular complexity index is 463. The number of aryl methyl sites for hydroxylation is 1. The number of carbonyl (C=O) groups excluding carboxylic acids is 1. The summed E-state index contributed by atoms with van der Waals surface area (Å²) in [6.45, 7) is 3.25. The van der Waals surface area contributed by atoms with Crippen molar-refractivity contribution in [2.75, 3.05) is 6.54 Å². The number of nitrogens with zero attached hydrogens (tertiary/aromatic N) is 3. The fourth-order valence-corrected chi connectivity index (χ4v) is 1.46. The van der Waals surface area contributed by atoms with E-state index in [0.717, 1.165) is 5.69 Å². The fraction of sp³-hybridized carbons (Fsp3) is 0.417. The highest BCUT2D eigenvalue weighted by Crippen LogP contribution is 2.03. The lowest BCUT2D eigenvalue weighted by molar-refractivity contribution is -0.143. The number of carboxylic acids is 1. The molecule has 6 heteroatoms. The standard InChI is InChI=1S/C12H17N3O3/c1-9(2)15(8-12(17)18)11(16)5-4-10-6-7-13-14(10)3/h4-7,9H,8H2,1-3H3,(H,17,18)/b5-4+. The Kier molecular flexibility index (Phi) is 4.65. The number of aromatic nitrogens is 2. The van der Waals surface area contributed by atoms with E-state index in [9.17, 15) is 9.59 Å². The molecule has 1 aromatic rings. The van der Waals surface area contributed by atoms with Crippen molar-refractivity contribution in [3.63, 3.8) is 0 Å². The number of carboxylic acid groups (broad SMARTS) is 1. The van der Waals surface area contributed by atoms with Crippen LogP contribution in [-0.2, 0) is 16.6 Å². The minimum Gasteiger partial charge on any atom is -0.480 e. The van der Waals surface area contributed by atoms with Crippen molar-refractivity contribution in [2.45, 2.75) is 19.9 Å². The molecule has 0 aliphatic carbocycles. The first-order chi connectivity index (χ1) is 8.41. The summed E-state index contributed by atoms with van der Waals surface area (Å²) in [7, 11) is 1.77. The molecular formula is C12H17N3O3. The van der Waals surface area contributed by atoms with Gasteiger partial charge in [0.15, 0.2) is 0 Å². The summed E-state index contributed by atoms with van der Waals surface area (Å²) in [5, 5.41) is 12.7. The SMILES string of the molecule is CC(C)N(CC(=O)O)C(=O)/C=C/c1ccnn1C. The molecule has 0 saturated heterocycles. The summed E-state index contributed by atoms with van der Waals surface area (Å²) >= 11 is 0. The summed E-state index contributed by atoms with van der Waals surface area (Å²) in [5.74, 6) is -1.35. The van der Waals surface area contributed by atoms with Gasteiger partial charge in [-0.15, -0.1) is 0 Å². The molecule has 1 heterocycles. The van der Waals surface area contributed by atoms with Crippen LogP contribution in [0.5, 0.6) is 0 Å². The zero-order chi connectivity index (χ0) is 13.7. The Balaban J connectivity index is 2.76. The van der Waals surface area contributed by atoms with Crippen molar-refractivity contribution in [2.24, 2.45) is 7.05 Å². The fourth-order valence-electron chi connectivity index (χ4n) is 1.46. The molecule has 6 nitrogen and oxygen atoms in total. The molecule has 0 aliphatic heterocycles. The molecule has 18 heavy (non-hydrogen) atoms. The molecule has 0 saturated carbocycles. The second-order valence-electron chi connectivity index (χ2n) is 4.17. The summed E-state index contributed by atoms with van der Waals surface area (Å²) in [6, 6.07) is 1.60. The summed E-state index contributed by atoms with van der Waals surface area (Å²) < 4.78 is 1.63. The Hall–Kier alpha value is -2.11. The summed E-state index contributed by atoms with van der Waals surface area (Å²) in [6.07, 6.45) is 4.61. The smallest absolute Gasteiger partial charge is 0.323 e. The van der Waals surface area contributed by atoms with Gasteiger partial charge in [-0.3, -0.25) is 14.3 Å². The Morgan fingerprint density at radius 3 is 2.67 bits per heavy atom. The first-order valence-corrected chi connectivity index (χ1v) is 5.60. The van der Waals surface area contributed by atoms with Crippen molar-refractivity contribution < 1.29 is 14.7 Å². The lowest BCUT2D eigenvalue weighted by Crippen LogP contribution is -2.39. The molecule has 0 unspecified atom stereocenters. The second kappa shape index (κ2) is 6.00. The van der Waals surface area contributed by atoms with Crippen LogP contribution in [0, 0.1) is 0 Å². The Labute approximate surface area is 106 Å². The van der Waals surface area contributed by atoms with Gasteiger partial charge in [-0.05, 0) is 26.0 Å². The molecule has 0 atom stereocenters. The molecule has 1 N–H and O–H groups in total. The maximum absolute atomic E-state index is 11.9. The van der Waals surface area contributed by atoms with Crippen LogP contribution in [0.4, 0.5) is 0 Å². The number of hydrogen-bond donors (Lipinski definition) is 1. The molecule has 1 aromatic heterocycles. The van der Waals surface area contributed by atoms with E-state index in [1.807, 2.05) is 0 Å². The van der Waals surface area contributed by atoms with Gasteiger partial charge in [-0.25, -0.2) is 0 Å². The van der Waals surface area contributed by atoms with Crippen LogP contribution in [0.15, 0.2) is 18.3 Å². The van der Waals surface area contributed by atoms with Crippen LogP contribution in [0.3, 0.4) is 0 Å². The van der Waals surface area contributed by atoms with E-state index in [2.05, 4.69) is 5.10 Å². The van der Waals surface area contributed by atoms with Gasteiger partial charge in [0.2, 0.25) is 5.91 Å². The van der Waals surface area contributed by atoms with Crippen molar-refractivity contribution in [3.8, 4) is 0 Å². The zero-order valence-electron chi connectivity index (χ0n) is 10.7. The van der Waals surface area contributed by atoms with Crippen LogP contribution in [0.25, 0.3) is 6.08 Å². The third-order valence-electron chi connectivity index (χ3n) is 2.47. The van der Waals surface area contributed by atoms with Gasteiger partial charge in [0, 0.05) is 25.4 Å². The molecule has 0 spiro atoms. The topological polar surface area (TPSA) is 75.4 Å². The minimum absolute atomic E-state index is 0.162.